The Balaban J connectivity index is 1.76. The van der Waals surface area contributed by atoms with Crippen LogP contribution < -0.4 is 10.6 Å². The molecule has 0 aliphatic carbocycles. The lowest BCUT2D eigenvalue weighted by atomic mass is 10.2. The molecule has 0 atom stereocenters. The number of aryl methyl sites for hydroxylation is 2. The van der Waals surface area contributed by atoms with E-state index in [1.54, 1.807) is 6.07 Å². The number of piperazine rings is 1. The molecule has 0 radical (unpaired) electrons. The van der Waals surface area contributed by atoms with Gasteiger partial charge >= 0.3 is 0 Å². The summed E-state index contributed by atoms with van der Waals surface area (Å²) in [7, 11) is 0. The van der Waals surface area contributed by atoms with E-state index < -0.39 is 0 Å². The Kier molecular flexibility index (Phi) is 4.38. The van der Waals surface area contributed by atoms with E-state index in [0.717, 1.165) is 38.5 Å². The van der Waals surface area contributed by atoms with E-state index in [2.05, 4.69) is 15.5 Å². The SMILES string of the molecule is Cc1cc(C(=O)NCCN2CCNCC2)c(C)o1. The second-order valence-electron chi connectivity index (χ2n) is 4.67. The van der Waals surface area contributed by atoms with Gasteiger partial charge in [0.05, 0.1) is 5.56 Å². The van der Waals surface area contributed by atoms with Gasteiger partial charge in [-0.25, -0.2) is 0 Å². The van der Waals surface area contributed by atoms with Crippen LogP contribution in [0.1, 0.15) is 21.9 Å². The second kappa shape index (κ2) is 6.02. The maximum Gasteiger partial charge on any atom is 0.254 e. The highest BCUT2D eigenvalue weighted by molar-refractivity contribution is 5.95. The van der Waals surface area contributed by atoms with Crippen molar-refractivity contribution in [3.8, 4) is 0 Å². The molecule has 1 aliphatic heterocycles. The summed E-state index contributed by atoms with van der Waals surface area (Å²) in [5.41, 5.74) is 0.646. The molecule has 100 valence electrons. The van der Waals surface area contributed by atoms with E-state index in [1.165, 1.54) is 0 Å². The first-order valence-corrected chi connectivity index (χ1v) is 6.45. The van der Waals surface area contributed by atoms with Gasteiger partial charge in [0.15, 0.2) is 0 Å². The monoisotopic (exact) mass is 251 g/mol. The Morgan fingerprint density at radius 2 is 2.17 bits per heavy atom. The Hall–Kier alpha value is -1.33. The van der Waals surface area contributed by atoms with Crippen molar-refractivity contribution in [1.29, 1.82) is 0 Å². The summed E-state index contributed by atoms with van der Waals surface area (Å²) in [5.74, 6) is 1.42. The van der Waals surface area contributed by atoms with Gasteiger partial charge in [-0.1, -0.05) is 0 Å². The van der Waals surface area contributed by atoms with E-state index in [4.69, 9.17) is 4.42 Å². The van der Waals surface area contributed by atoms with E-state index in [9.17, 15) is 4.79 Å². The Labute approximate surface area is 108 Å². The highest BCUT2D eigenvalue weighted by Gasteiger charge is 2.14. The predicted molar refractivity (Wildman–Crippen MR) is 69.8 cm³/mol. The molecule has 0 saturated carbocycles. The average Bonchev–Trinajstić information content (AvgIpc) is 2.70. The van der Waals surface area contributed by atoms with Crippen molar-refractivity contribution in [2.45, 2.75) is 13.8 Å². The number of nitrogens with one attached hydrogen (secondary N) is 2. The molecule has 1 aromatic rings. The molecular weight excluding hydrogens is 230 g/mol. The van der Waals surface area contributed by atoms with Crippen molar-refractivity contribution in [3.05, 3.63) is 23.2 Å². The number of amides is 1. The minimum Gasteiger partial charge on any atom is -0.466 e. The Morgan fingerprint density at radius 3 is 2.78 bits per heavy atom. The lowest BCUT2D eigenvalue weighted by Gasteiger charge is -2.27. The van der Waals surface area contributed by atoms with Crippen LogP contribution in [0.3, 0.4) is 0 Å². The summed E-state index contributed by atoms with van der Waals surface area (Å²) in [6, 6.07) is 1.79. The van der Waals surface area contributed by atoms with Crippen LogP contribution in [-0.4, -0.2) is 50.1 Å². The van der Waals surface area contributed by atoms with Crippen LogP contribution in [0, 0.1) is 13.8 Å². The molecule has 2 heterocycles. The zero-order valence-electron chi connectivity index (χ0n) is 11.1. The van der Waals surface area contributed by atoms with Gasteiger partial charge in [0.2, 0.25) is 0 Å². The van der Waals surface area contributed by atoms with Crippen molar-refractivity contribution < 1.29 is 9.21 Å². The third kappa shape index (κ3) is 3.34. The molecule has 0 bridgehead atoms. The van der Waals surface area contributed by atoms with E-state index in [0.29, 0.717) is 17.9 Å². The first-order chi connectivity index (χ1) is 8.66. The molecule has 18 heavy (non-hydrogen) atoms. The zero-order chi connectivity index (χ0) is 13.0. The van der Waals surface area contributed by atoms with Gasteiger partial charge in [0.1, 0.15) is 11.5 Å². The third-order valence-corrected chi connectivity index (χ3v) is 3.21. The predicted octanol–water partition coefficient (Wildman–Crippen LogP) is 0.531. The minimum atomic E-state index is -0.0421. The van der Waals surface area contributed by atoms with Crippen LogP contribution in [0.25, 0.3) is 0 Å². The summed E-state index contributed by atoms with van der Waals surface area (Å²) in [4.78, 5) is 14.3. The smallest absolute Gasteiger partial charge is 0.254 e. The number of carbonyl (C=O) groups is 1. The molecule has 0 aromatic carbocycles. The number of hydrogen-bond acceptors (Lipinski definition) is 4. The summed E-state index contributed by atoms with van der Waals surface area (Å²) in [5, 5.41) is 6.25. The van der Waals surface area contributed by atoms with Crippen LogP contribution in [0.2, 0.25) is 0 Å². The number of carbonyl (C=O) groups excluding carboxylic acids is 1. The lowest BCUT2D eigenvalue weighted by Crippen LogP contribution is -2.46. The van der Waals surface area contributed by atoms with Gasteiger partial charge in [-0.05, 0) is 19.9 Å². The number of hydrogen-bond donors (Lipinski definition) is 2. The quantitative estimate of drug-likeness (QED) is 0.819. The average molecular weight is 251 g/mol. The number of rotatable bonds is 4. The zero-order valence-corrected chi connectivity index (χ0v) is 11.1. The molecule has 0 spiro atoms. The van der Waals surface area contributed by atoms with Gasteiger partial charge in [0, 0.05) is 39.3 Å². The summed E-state index contributed by atoms with van der Waals surface area (Å²) in [6.45, 7) is 9.44. The van der Waals surface area contributed by atoms with E-state index in [1.807, 2.05) is 13.8 Å². The molecule has 0 unspecified atom stereocenters. The highest BCUT2D eigenvalue weighted by Crippen LogP contribution is 2.13. The first-order valence-electron chi connectivity index (χ1n) is 6.45. The van der Waals surface area contributed by atoms with Gasteiger partial charge in [-0.15, -0.1) is 0 Å². The molecular formula is C13H21N3O2. The molecule has 1 aromatic heterocycles. The van der Waals surface area contributed by atoms with Gasteiger partial charge in [-0.2, -0.15) is 0 Å². The molecule has 1 aliphatic rings. The number of nitrogens with zero attached hydrogens (tertiary/aromatic N) is 1. The Morgan fingerprint density at radius 1 is 1.44 bits per heavy atom. The molecule has 2 N–H and O–H groups in total. The Bertz CT molecular complexity index is 408. The normalized spacial score (nSPS) is 16.8. The van der Waals surface area contributed by atoms with Crippen molar-refractivity contribution >= 4 is 5.91 Å². The first kappa shape index (κ1) is 13.1. The van der Waals surface area contributed by atoms with Crippen molar-refractivity contribution in [1.82, 2.24) is 15.5 Å². The van der Waals surface area contributed by atoms with Crippen molar-refractivity contribution in [2.75, 3.05) is 39.3 Å². The molecule has 2 rings (SSSR count). The van der Waals surface area contributed by atoms with E-state index in [-0.39, 0.29) is 5.91 Å². The summed E-state index contributed by atoms with van der Waals surface area (Å²) in [6.07, 6.45) is 0. The standard InChI is InChI=1S/C13H21N3O2/c1-10-9-12(11(2)18-10)13(17)15-5-8-16-6-3-14-4-7-16/h9,14H,3-8H2,1-2H3,(H,15,17). The summed E-state index contributed by atoms with van der Waals surface area (Å²) < 4.78 is 5.35. The molecule has 1 amide bonds. The largest absolute Gasteiger partial charge is 0.466 e. The second-order valence-corrected chi connectivity index (χ2v) is 4.67. The summed E-state index contributed by atoms with van der Waals surface area (Å²) >= 11 is 0. The van der Waals surface area contributed by atoms with Crippen molar-refractivity contribution in [2.24, 2.45) is 0 Å². The maximum absolute atomic E-state index is 11.9. The molecule has 1 fully saturated rings. The molecule has 1 saturated heterocycles. The fourth-order valence-electron chi connectivity index (χ4n) is 2.21. The fourth-order valence-corrected chi connectivity index (χ4v) is 2.21. The van der Waals surface area contributed by atoms with Crippen LogP contribution in [-0.2, 0) is 0 Å². The maximum atomic E-state index is 11.9. The van der Waals surface area contributed by atoms with Crippen LogP contribution in [0.15, 0.2) is 10.5 Å². The van der Waals surface area contributed by atoms with Gasteiger partial charge in [-0.3, -0.25) is 9.69 Å². The molecule has 5 nitrogen and oxygen atoms in total. The van der Waals surface area contributed by atoms with E-state index >= 15 is 0 Å². The lowest BCUT2D eigenvalue weighted by molar-refractivity contribution is 0.0946. The number of furan rings is 1. The highest BCUT2D eigenvalue weighted by atomic mass is 16.3. The van der Waals surface area contributed by atoms with Gasteiger partial charge in [0.25, 0.3) is 5.91 Å². The topological polar surface area (TPSA) is 57.5 Å². The van der Waals surface area contributed by atoms with Gasteiger partial charge < -0.3 is 15.1 Å². The van der Waals surface area contributed by atoms with Crippen molar-refractivity contribution in [3.63, 3.8) is 0 Å². The fraction of sp³-hybridized carbons (Fsp3) is 0.615. The third-order valence-electron chi connectivity index (χ3n) is 3.21. The molecule has 5 heteroatoms. The van der Waals surface area contributed by atoms with Crippen LogP contribution in [0.4, 0.5) is 0 Å². The minimum absolute atomic E-state index is 0.0421. The van der Waals surface area contributed by atoms with Crippen LogP contribution in [0.5, 0.6) is 0 Å². The van der Waals surface area contributed by atoms with Crippen LogP contribution >= 0.6 is 0 Å².